The molecular formula is C71H47N. The second kappa shape index (κ2) is 17.0. The van der Waals surface area contributed by atoms with Gasteiger partial charge in [-0.15, -0.1) is 0 Å². The van der Waals surface area contributed by atoms with Crippen LogP contribution < -0.4 is 4.90 Å². The summed E-state index contributed by atoms with van der Waals surface area (Å²) in [6.45, 7) is 0. The Morgan fingerprint density at radius 3 is 1.12 bits per heavy atom. The molecule has 1 nitrogen and oxygen atoms in total. The fraction of sp³-hybridized carbons (Fsp3) is 0.0141. The number of anilines is 3. The first kappa shape index (κ1) is 41.7. The molecule has 0 amide bonds. The first-order chi connectivity index (χ1) is 35.7. The largest absolute Gasteiger partial charge is 0.311 e. The zero-order chi connectivity index (χ0) is 47.6. The molecule has 0 aliphatic heterocycles. The molecule has 0 bridgehead atoms. The molecular weight excluding hydrogens is 867 g/mol. The van der Waals surface area contributed by atoms with Crippen molar-refractivity contribution in [1.82, 2.24) is 0 Å². The van der Waals surface area contributed by atoms with Crippen LogP contribution in [0.3, 0.4) is 0 Å². The maximum Gasteiger partial charge on any atom is 0.0713 e. The van der Waals surface area contributed by atoms with Gasteiger partial charge in [-0.05, 0) is 158 Å². The third kappa shape index (κ3) is 6.70. The first-order valence-corrected chi connectivity index (χ1v) is 25.0. The van der Waals surface area contributed by atoms with Gasteiger partial charge in [-0.25, -0.2) is 0 Å². The number of hydrogen-bond donors (Lipinski definition) is 0. The fourth-order valence-corrected chi connectivity index (χ4v) is 11.9. The summed E-state index contributed by atoms with van der Waals surface area (Å²) >= 11 is 0. The molecule has 0 saturated heterocycles. The third-order valence-corrected chi connectivity index (χ3v) is 15.3. The summed E-state index contributed by atoms with van der Waals surface area (Å²) < 4.78 is 0. The van der Waals surface area contributed by atoms with E-state index in [4.69, 9.17) is 0 Å². The average Bonchev–Trinajstić information content (AvgIpc) is 3.77. The summed E-state index contributed by atoms with van der Waals surface area (Å²) in [5.41, 5.74) is 17.7. The molecule has 336 valence electrons. The van der Waals surface area contributed by atoms with Gasteiger partial charge in [0.1, 0.15) is 0 Å². The summed E-state index contributed by atoms with van der Waals surface area (Å²) in [6.07, 6.45) is 0. The molecule has 1 heteroatoms. The van der Waals surface area contributed by atoms with Gasteiger partial charge in [0.15, 0.2) is 0 Å². The molecule has 0 fully saturated rings. The van der Waals surface area contributed by atoms with Crippen molar-refractivity contribution in [3.8, 4) is 44.5 Å². The van der Waals surface area contributed by atoms with E-state index in [-0.39, 0.29) is 0 Å². The molecule has 0 unspecified atom stereocenters. The monoisotopic (exact) mass is 913 g/mol. The Balaban J connectivity index is 0.877. The SMILES string of the molecule is c1ccc(C2(c3ccccc3)c3ccccc3-c3c(-c4ccc(N(c5ccc(-c6ccc7ccc8ccccc8c7c6)cc5)c5ccc(-c6ccc7ccc8ccccc8c7c6)cc5)cc4)cccc32)cc1. The lowest BCUT2D eigenvalue weighted by atomic mass is 9.67. The van der Waals surface area contributed by atoms with Crippen molar-refractivity contribution in [3.05, 3.63) is 307 Å². The van der Waals surface area contributed by atoms with Gasteiger partial charge in [0, 0.05) is 17.1 Å². The van der Waals surface area contributed by atoms with E-state index in [0.717, 1.165) is 17.1 Å². The summed E-state index contributed by atoms with van der Waals surface area (Å²) in [5.74, 6) is 0. The summed E-state index contributed by atoms with van der Waals surface area (Å²) in [6, 6.07) is 105. The average molecular weight is 914 g/mol. The molecule has 0 heterocycles. The molecule has 0 atom stereocenters. The highest BCUT2D eigenvalue weighted by molar-refractivity contribution is 6.10. The van der Waals surface area contributed by atoms with Crippen LogP contribution in [0.5, 0.6) is 0 Å². The van der Waals surface area contributed by atoms with Crippen LogP contribution in [0.15, 0.2) is 285 Å². The van der Waals surface area contributed by atoms with Crippen molar-refractivity contribution in [2.45, 2.75) is 5.41 Å². The highest BCUT2D eigenvalue weighted by atomic mass is 15.1. The molecule has 0 N–H and O–H groups in total. The molecule has 0 spiro atoms. The molecule has 0 radical (unpaired) electrons. The number of nitrogens with zero attached hydrogens (tertiary/aromatic N) is 1. The number of hydrogen-bond acceptors (Lipinski definition) is 1. The van der Waals surface area contributed by atoms with E-state index >= 15 is 0 Å². The van der Waals surface area contributed by atoms with Crippen molar-refractivity contribution in [2.24, 2.45) is 0 Å². The molecule has 0 aromatic heterocycles. The topological polar surface area (TPSA) is 3.24 Å². The van der Waals surface area contributed by atoms with E-state index in [1.807, 2.05) is 0 Å². The van der Waals surface area contributed by atoms with Crippen LogP contribution in [0.1, 0.15) is 22.3 Å². The molecule has 1 aliphatic carbocycles. The predicted molar refractivity (Wildman–Crippen MR) is 305 cm³/mol. The normalized spacial score (nSPS) is 12.6. The van der Waals surface area contributed by atoms with E-state index in [0.29, 0.717) is 0 Å². The molecule has 72 heavy (non-hydrogen) atoms. The van der Waals surface area contributed by atoms with Crippen LogP contribution in [-0.2, 0) is 5.41 Å². The van der Waals surface area contributed by atoms with Crippen LogP contribution in [0.25, 0.3) is 87.6 Å². The lowest BCUT2D eigenvalue weighted by Gasteiger charge is -2.34. The smallest absolute Gasteiger partial charge is 0.0713 e. The van der Waals surface area contributed by atoms with E-state index < -0.39 is 5.41 Å². The molecule has 0 saturated carbocycles. The Bertz CT molecular complexity index is 3970. The van der Waals surface area contributed by atoms with Crippen LogP contribution in [0.2, 0.25) is 0 Å². The number of benzene rings is 13. The van der Waals surface area contributed by atoms with Gasteiger partial charge >= 0.3 is 0 Å². The Morgan fingerprint density at radius 1 is 0.236 bits per heavy atom. The quantitative estimate of drug-likeness (QED) is 0.137. The van der Waals surface area contributed by atoms with E-state index in [2.05, 4.69) is 290 Å². The highest BCUT2D eigenvalue weighted by Gasteiger charge is 2.46. The minimum absolute atomic E-state index is 0.458. The van der Waals surface area contributed by atoms with Gasteiger partial charge in [-0.3, -0.25) is 0 Å². The number of rotatable bonds is 8. The Hall–Kier alpha value is -9.30. The summed E-state index contributed by atoms with van der Waals surface area (Å²) in [4.78, 5) is 2.39. The van der Waals surface area contributed by atoms with Crippen LogP contribution in [0, 0.1) is 0 Å². The second-order valence-corrected chi connectivity index (χ2v) is 19.2. The zero-order valence-electron chi connectivity index (χ0n) is 39.6. The third-order valence-electron chi connectivity index (χ3n) is 15.3. The van der Waals surface area contributed by atoms with E-state index in [9.17, 15) is 0 Å². The lowest BCUT2D eigenvalue weighted by molar-refractivity contribution is 0.768. The van der Waals surface area contributed by atoms with Crippen molar-refractivity contribution >= 4 is 60.2 Å². The standard InChI is InChI=1S/C71H47N/c1-3-16-57(17-4-1)71(58-18-5-2-6-19-58)68-24-12-11-22-65(68)70-64(23-13-25-69(70)71)52-38-44-61(45-39-52)72(59-40-34-48(35-41-59)55-32-30-53-28-26-50-14-7-9-20-62(50)66(53)46-55)60-42-36-49(37-43-60)56-33-31-54-29-27-51-15-8-10-21-63(51)67(54)47-56/h1-47H. The summed E-state index contributed by atoms with van der Waals surface area (Å²) in [5, 5.41) is 10.1. The molecule has 1 aliphatic rings. The Kier molecular flexibility index (Phi) is 9.82. The van der Waals surface area contributed by atoms with E-state index in [1.165, 1.54) is 110 Å². The molecule has 14 rings (SSSR count). The highest BCUT2D eigenvalue weighted by Crippen LogP contribution is 2.58. The minimum atomic E-state index is -0.458. The molecule has 13 aromatic carbocycles. The van der Waals surface area contributed by atoms with Crippen molar-refractivity contribution in [2.75, 3.05) is 4.90 Å². The van der Waals surface area contributed by atoms with Crippen molar-refractivity contribution < 1.29 is 0 Å². The van der Waals surface area contributed by atoms with Crippen molar-refractivity contribution in [3.63, 3.8) is 0 Å². The van der Waals surface area contributed by atoms with Crippen LogP contribution >= 0.6 is 0 Å². The van der Waals surface area contributed by atoms with Gasteiger partial charge in [0.05, 0.1) is 5.41 Å². The van der Waals surface area contributed by atoms with E-state index in [1.54, 1.807) is 0 Å². The second-order valence-electron chi connectivity index (χ2n) is 19.2. The predicted octanol–water partition coefficient (Wildman–Crippen LogP) is 19.1. The maximum atomic E-state index is 2.39. The number of fused-ring (bicyclic) bond motifs is 9. The fourth-order valence-electron chi connectivity index (χ4n) is 11.9. The van der Waals surface area contributed by atoms with Crippen LogP contribution in [0.4, 0.5) is 17.1 Å². The first-order valence-electron chi connectivity index (χ1n) is 25.0. The van der Waals surface area contributed by atoms with Gasteiger partial charge in [0.25, 0.3) is 0 Å². The Labute approximate surface area is 420 Å². The minimum Gasteiger partial charge on any atom is -0.311 e. The van der Waals surface area contributed by atoms with Crippen LogP contribution in [-0.4, -0.2) is 0 Å². The summed E-state index contributed by atoms with van der Waals surface area (Å²) in [7, 11) is 0. The zero-order valence-corrected chi connectivity index (χ0v) is 39.6. The maximum absolute atomic E-state index is 2.39. The van der Waals surface area contributed by atoms with Crippen molar-refractivity contribution in [1.29, 1.82) is 0 Å². The van der Waals surface area contributed by atoms with Gasteiger partial charge < -0.3 is 4.90 Å². The molecule has 13 aromatic rings. The van der Waals surface area contributed by atoms with Gasteiger partial charge in [0.2, 0.25) is 0 Å². The van der Waals surface area contributed by atoms with Gasteiger partial charge in [-0.1, -0.05) is 237 Å². The van der Waals surface area contributed by atoms with Gasteiger partial charge in [-0.2, -0.15) is 0 Å². The lowest BCUT2D eigenvalue weighted by Crippen LogP contribution is -2.28. The Morgan fingerprint density at radius 2 is 0.611 bits per heavy atom.